The fourth-order valence-electron chi connectivity index (χ4n) is 5.90. The largest absolute Gasteiger partial charge is 0.375 e. The van der Waals surface area contributed by atoms with Gasteiger partial charge in [-0.3, -0.25) is 10.1 Å². The predicted octanol–water partition coefficient (Wildman–Crippen LogP) is 4.72. The van der Waals surface area contributed by atoms with Gasteiger partial charge in [-0.15, -0.1) is 12.4 Å². The van der Waals surface area contributed by atoms with Gasteiger partial charge in [-0.05, 0) is 49.2 Å². The highest BCUT2D eigenvalue weighted by atomic mass is 35.5. The zero-order valence-corrected chi connectivity index (χ0v) is 26.5. The van der Waals surface area contributed by atoms with Crippen LogP contribution in [0.15, 0.2) is 72.8 Å². The average molecular weight is 655 g/mol. The highest BCUT2D eigenvalue weighted by Gasteiger charge is 2.60. The molecule has 2 aliphatic heterocycles. The summed E-state index contributed by atoms with van der Waals surface area (Å²) in [5.41, 5.74) is 5.89. The highest BCUT2D eigenvalue weighted by molar-refractivity contribution is 7.90. The third kappa shape index (κ3) is 6.79. The summed E-state index contributed by atoms with van der Waals surface area (Å²) >= 11 is 12.5. The molecule has 1 saturated heterocycles. The number of quaternary nitrogens is 1. The lowest BCUT2D eigenvalue weighted by atomic mass is 9.75. The lowest BCUT2D eigenvalue weighted by molar-refractivity contribution is -0.127. The smallest absolute Gasteiger partial charge is 0.321 e. The Balaban J connectivity index is 0.00000405. The molecule has 1 fully saturated rings. The van der Waals surface area contributed by atoms with Crippen LogP contribution in [0.2, 0.25) is 10.0 Å². The molecule has 2 heterocycles. The Morgan fingerprint density at radius 3 is 2.43 bits per heavy atom. The van der Waals surface area contributed by atoms with Gasteiger partial charge in [0.1, 0.15) is 12.6 Å². The first-order valence-electron chi connectivity index (χ1n) is 13.6. The molecule has 1 amide bonds. The number of hydrogen-bond donors (Lipinski definition) is 3. The van der Waals surface area contributed by atoms with Crippen molar-refractivity contribution in [1.82, 2.24) is 20.1 Å². The van der Waals surface area contributed by atoms with Crippen molar-refractivity contribution < 1.29 is 17.9 Å². The van der Waals surface area contributed by atoms with Crippen LogP contribution in [-0.4, -0.2) is 52.9 Å². The van der Waals surface area contributed by atoms with Gasteiger partial charge in [0.2, 0.25) is 0 Å². The topological polar surface area (TPSA) is 96.5 Å². The van der Waals surface area contributed by atoms with E-state index in [1.807, 2.05) is 54.6 Å². The van der Waals surface area contributed by atoms with Crippen LogP contribution in [0.1, 0.15) is 29.5 Å². The number of nitrogens with one attached hydrogen (secondary N) is 3. The molecule has 5 rings (SSSR count). The number of fused-ring (bicyclic) bond motifs is 2. The minimum atomic E-state index is -3.84. The second-order valence-electron chi connectivity index (χ2n) is 10.8. The van der Waals surface area contributed by atoms with Gasteiger partial charge in [0.25, 0.3) is 5.91 Å². The molecule has 12 heteroatoms. The van der Waals surface area contributed by atoms with E-state index in [9.17, 15) is 13.2 Å². The third-order valence-corrected chi connectivity index (χ3v) is 10.2. The van der Waals surface area contributed by atoms with E-state index in [-0.39, 0.29) is 37.5 Å². The number of hydrogen-bond acceptors (Lipinski definition) is 6. The van der Waals surface area contributed by atoms with E-state index in [4.69, 9.17) is 27.9 Å². The predicted molar refractivity (Wildman–Crippen MR) is 170 cm³/mol. The second-order valence-corrected chi connectivity index (χ2v) is 13.8. The van der Waals surface area contributed by atoms with Crippen LogP contribution in [0.5, 0.6) is 0 Å². The van der Waals surface area contributed by atoms with E-state index in [1.165, 1.54) is 6.26 Å². The van der Waals surface area contributed by atoms with Crippen molar-refractivity contribution in [2.24, 2.45) is 0 Å². The summed E-state index contributed by atoms with van der Waals surface area (Å²) in [6, 6.07) is 21.5. The number of rotatable bonds is 10. The Labute approximate surface area is 263 Å². The van der Waals surface area contributed by atoms with Crippen molar-refractivity contribution in [3.05, 3.63) is 99.5 Å². The standard InChI is InChI=1S/C30H34Cl2N4O4S.ClH/c1-41(38,39)36(21-30(13-15-33-16-14-30)25-9-5-6-10-28(25)36)35-29(37)27(20-40-19-22-7-3-2-4-8-22)34-18-23-11-12-24(31)17-26(23)32;/h2-12,17,27,33-34H,13-16,18-21H2,1H3;1H/p+1. The second kappa shape index (κ2) is 13.6. The van der Waals surface area contributed by atoms with Gasteiger partial charge in [-0.25, -0.2) is 0 Å². The Morgan fingerprint density at radius 2 is 1.74 bits per heavy atom. The molecule has 3 aromatic rings. The van der Waals surface area contributed by atoms with Gasteiger partial charge in [-0.1, -0.05) is 81.8 Å². The average Bonchev–Trinajstić information content (AvgIpc) is 3.22. The summed E-state index contributed by atoms with van der Waals surface area (Å²) in [5.74, 6) is -0.477. The minimum absolute atomic E-state index is 0. The van der Waals surface area contributed by atoms with Gasteiger partial charge in [-0.2, -0.15) is 13.8 Å². The first-order valence-corrected chi connectivity index (χ1v) is 16.2. The van der Waals surface area contributed by atoms with E-state index in [0.29, 0.717) is 22.3 Å². The molecular weight excluding hydrogens is 619 g/mol. The summed E-state index contributed by atoms with van der Waals surface area (Å²) in [6.07, 6.45) is 2.75. The van der Waals surface area contributed by atoms with Crippen LogP contribution in [0, 0.1) is 0 Å². The number of ether oxygens (including phenoxy) is 1. The first-order chi connectivity index (χ1) is 19.6. The zero-order chi connectivity index (χ0) is 29.1. The lowest BCUT2D eigenvalue weighted by Gasteiger charge is -2.36. The summed E-state index contributed by atoms with van der Waals surface area (Å²) in [4.78, 5) is 14.0. The highest BCUT2D eigenvalue weighted by Crippen LogP contribution is 2.50. The van der Waals surface area contributed by atoms with E-state index in [1.54, 1.807) is 18.2 Å². The van der Waals surface area contributed by atoms with Crippen molar-refractivity contribution in [2.45, 2.75) is 37.5 Å². The zero-order valence-electron chi connectivity index (χ0n) is 23.3. The Kier molecular flexibility index (Phi) is 10.6. The van der Waals surface area contributed by atoms with Gasteiger partial charge in [0.15, 0.2) is 5.69 Å². The van der Waals surface area contributed by atoms with E-state index in [2.05, 4.69) is 16.1 Å². The molecule has 2 unspecified atom stereocenters. The van der Waals surface area contributed by atoms with E-state index < -0.39 is 26.0 Å². The molecule has 0 aromatic heterocycles. The van der Waals surface area contributed by atoms with Crippen molar-refractivity contribution in [3.63, 3.8) is 0 Å². The molecule has 8 nitrogen and oxygen atoms in total. The van der Waals surface area contributed by atoms with Crippen LogP contribution in [0.25, 0.3) is 0 Å². The van der Waals surface area contributed by atoms with Gasteiger partial charge in [0.05, 0.1) is 24.9 Å². The molecule has 0 bridgehead atoms. The fraction of sp³-hybridized carbons (Fsp3) is 0.367. The van der Waals surface area contributed by atoms with Crippen LogP contribution >= 0.6 is 35.6 Å². The molecular formula is C30H36Cl3N4O4S+. The summed E-state index contributed by atoms with van der Waals surface area (Å²) in [7, 11) is -3.84. The maximum Gasteiger partial charge on any atom is 0.321 e. The van der Waals surface area contributed by atoms with Crippen LogP contribution in [-0.2, 0) is 38.1 Å². The molecule has 0 aliphatic carbocycles. The molecule has 2 atom stereocenters. The Bertz CT molecular complexity index is 1500. The number of piperidine rings is 1. The Morgan fingerprint density at radius 1 is 1.05 bits per heavy atom. The van der Waals surface area contributed by atoms with Gasteiger partial charge >= 0.3 is 10.0 Å². The number of benzene rings is 3. The number of halogens is 3. The summed E-state index contributed by atoms with van der Waals surface area (Å²) < 4.78 is 32.6. The number of carbonyl (C=O) groups excluding carboxylic acids is 1. The molecule has 3 N–H and O–H groups in total. The minimum Gasteiger partial charge on any atom is -0.375 e. The van der Waals surface area contributed by atoms with Gasteiger partial charge < -0.3 is 10.1 Å². The molecule has 226 valence electrons. The molecule has 0 radical (unpaired) electrons. The van der Waals surface area contributed by atoms with Crippen molar-refractivity contribution in [2.75, 3.05) is 32.5 Å². The molecule has 42 heavy (non-hydrogen) atoms. The lowest BCUT2D eigenvalue weighted by Crippen LogP contribution is -2.68. The number of para-hydroxylation sites is 1. The van der Waals surface area contributed by atoms with Crippen molar-refractivity contribution >= 4 is 57.2 Å². The SMILES string of the molecule is CS(=O)(=O)[N+]1(NC(=O)C(COCc2ccccc2)NCc2ccc(Cl)cc2Cl)CC2(CCNCC2)c2ccccc21.Cl. The van der Waals surface area contributed by atoms with Crippen molar-refractivity contribution in [3.8, 4) is 0 Å². The van der Waals surface area contributed by atoms with E-state index in [0.717, 1.165) is 42.6 Å². The maximum absolute atomic E-state index is 14.0. The summed E-state index contributed by atoms with van der Waals surface area (Å²) in [6.45, 7) is 2.38. The number of carbonyl (C=O) groups is 1. The number of nitrogens with zero attached hydrogens (tertiary/aromatic N) is 1. The van der Waals surface area contributed by atoms with Crippen LogP contribution < -0.4 is 20.1 Å². The molecule has 1 spiro atoms. The molecule has 0 saturated carbocycles. The van der Waals surface area contributed by atoms with Crippen LogP contribution in [0.4, 0.5) is 5.69 Å². The quantitative estimate of drug-likeness (QED) is 0.274. The van der Waals surface area contributed by atoms with Crippen molar-refractivity contribution in [1.29, 1.82) is 0 Å². The van der Waals surface area contributed by atoms with Gasteiger partial charge in [0, 0.05) is 28.2 Å². The molecule has 2 aliphatic rings. The maximum atomic E-state index is 14.0. The molecule has 3 aromatic carbocycles. The van der Waals surface area contributed by atoms with E-state index >= 15 is 0 Å². The number of amides is 1. The summed E-state index contributed by atoms with van der Waals surface area (Å²) in [5, 5.41) is 7.60. The normalized spacial score (nSPS) is 20.0. The monoisotopic (exact) mass is 653 g/mol. The Hall–Kier alpha value is -2.21. The first kappa shape index (κ1) is 32.7. The number of sulfonamides is 1. The van der Waals surface area contributed by atoms with Crippen LogP contribution in [0.3, 0.4) is 0 Å². The third-order valence-electron chi connectivity index (χ3n) is 8.07. The fourth-order valence-corrected chi connectivity index (χ4v) is 7.62.